The summed E-state index contributed by atoms with van der Waals surface area (Å²) in [5.74, 6) is -1.05. The minimum Gasteiger partial charge on any atom is -0.466 e. The second-order valence-electron chi connectivity index (χ2n) is 11.4. The molecule has 0 saturated carbocycles. The summed E-state index contributed by atoms with van der Waals surface area (Å²) in [4.78, 5) is 41.0. The lowest BCUT2D eigenvalue weighted by Crippen LogP contribution is -2.41. The number of anilines is 2. The molecule has 3 aromatic rings. The van der Waals surface area contributed by atoms with Crippen molar-refractivity contribution >= 4 is 52.4 Å². The number of nitrogens with zero attached hydrogens (tertiary/aromatic N) is 1. The third kappa shape index (κ3) is 8.57. The van der Waals surface area contributed by atoms with Crippen molar-refractivity contribution in [1.82, 2.24) is 0 Å². The number of esters is 1. The number of carbonyl (C=O) groups excluding carboxylic acids is 3. The molecule has 8 heteroatoms. The summed E-state index contributed by atoms with van der Waals surface area (Å²) in [5, 5.41) is 3.35. The smallest absolute Gasteiger partial charge is 0.313 e. The van der Waals surface area contributed by atoms with Crippen molar-refractivity contribution in [2.45, 2.75) is 53.9 Å². The fourth-order valence-corrected chi connectivity index (χ4v) is 5.00. The summed E-state index contributed by atoms with van der Waals surface area (Å²) < 4.78 is 5.44. The predicted molar refractivity (Wildman–Crippen MR) is 167 cm³/mol. The summed E-state index contributed by atoms with van der Waals surface area (Å²) in [7, 11) is 0. The van der Waals surface area contributed by atoms with Gasteiger partial charge in [0.1, 0.15) is 0 Å². The van der Waals surface area contributed by atoms with Gasteiger partial charge in [-0.3, -0.25) is 14.4 Å². The van der Waals surface area contributed by atoms with E-state index in [1.807, 2.05) is 57.2 Å². The van der Waals surface area contributed by atoms with Crippen LogP contribution in [0, 0.1) is 11.3 Å². The molecule has 0 heterocycles. The second-order valence-corrected chi connectivity index (χ2v) is 12.2. The molecule has 0 saturated heterocycles. The summed E-state index contributed by atoms with van der Waals surface area (Å²) in [5.41, 5.74) is 2.61. The Morgan fingerprint density at radius 1 is 0.927 bits per heavy atom. The summed E-state index contributed by atoms with van der Waals surface area (Å²) in [6.07, 6.45) is 0.379. The van der Waals surface area contributed by atoms with Gasteiger partial charge in [-0.05, 0) is 66.8 Å². The molecule has 6 nitrogen and oxygen atoms in total. The average molecular weight is 598 g/mol. The van der Waals surface area contributed by atoms with Crippen LogP contribution in [-0.2, 0) is 20.7 Å². The predicted octanol–water partition coefficient (Wildman–Crippen LogP) is 8.17. The lowest BCUT2D eigenvalue weighted by atomic mass is 9.90. The van der Waals surface area contributed by atoms with Gasteiger partial charge in [0.2, 0.25) is 5.91 Å². The fourth-order valence-electron chi connectivity index (χ4n) is 4.43. The molecule has 0 aliphatic rings. The van der Waals surface area contributed by atoms with E-state index in [2.05, 4.69) is 19.2 Å². The van der Waals surface area contributed by atoms with E-state index in [4.69, 9.17) is 27.9 Å². The average Bonchev–Trinajstić information content (AvgIpc) is 2.90. The minimum atomic E-state index is -0.581. The van der Waals surface area contributed by atoms with Crippen LogP contribution in [0.4, 0.5) is 11.4 Å². The molecule has 3 aromatic carbocycles. The summed E-state index contributed by atoms with van der Waals surface area (Å²) >= 11 is 12.3. The summed E-state index contributed by atoms with van der Waals surface area (Å²) in [6, 6.07) is 19.7. The maximum atomic E-state index is 13.3. The van der Waals surface area contributed by atoms with Crippen LogP contribution in [0.5, 0.6) is 0 Å². The van der Waals surface area contributed by atoms with Gasteiger partial charge >= 0.3 is 5.97 Å². The summed E-state index contributed by atoms with van der Waals surface area (Å²) in [6.45, 7) is 12.5. The molecule has 1 atom stereocenters. The Hall–Kier alpha value is -3.35. The second kappa shape index (κ2) is 14.0. The molecule has 0 aromatic heterocycles. The Morgan fingerprint density at radius 2 is 1.54 bits per heavy atom. The first-order valence-corrected chi connectivity index (χ1v) is 14.5. The minimum absolute atomic E-state index is 0.0201. The van der Waals surface area contributed by atoms with Gasteiger partial charge in [-0.15, -0.1) is 0 Å². The van der Waals surface area contributed by atoms with Gasteiger partial charge in [0.25, 0.3) is 5.91 Å². The number of benzene rings is 3. The van der Waals surface area contributed by atoms with E-state index < -0.39 is 17.2 Å². The van der Waals surface area contributed by atoms with Crippen LogP contribution in [0.25, 0.3) is 0 Å². The first-order valence-electron chi connectivity index (χ1n) is 13.7. The standard InChI is InChI=1S/C33H38Cl2N2O4/c1-7-41-31(39)26(23-10-8-11-25(19-23)37(20-21(2)3)32(40)33(4,5)6)18-22-14-16-24(17-15-22)36-30(38)29-27(34)12-9-13-28(29)35/h8-17,19,21,26H,7,18,20H2,1-6H3,(H,36,38). The van der Waals surface area contributed by atoms with E-state index in [9.17, 15) is 14.4 Å². The van der Waals surface area contributed by atoms with E-state index in [0.29, 0.717) is 18.7 Å². The van der Waals surface area contributed by atoms with Gasteiger partial charge in [-0.2, -0.15) is 0 Å². The lowest BCUT2D eigenvalue weighted by Gasteiger charge is -2.31. The number of ether oxygens (including phenoxy) is 1. The Balaban J connectivity index is 1.87. The molecule has 41 heavy (non-hydrogen) atoms. The van der Waals surface area contributed by atoms with Crippen LogP contribution in [0.15, 0.2) is 66.7 Å². The van der Waals surface area contributed by atoms with Crippen molar-refractivity contribution in [1.29, 1.82) is 0 Å². The number of hydrogen-bond donors (Lipinski definition) is 1. The number of halogens is 2. The Labute approximate surface area is 253 Å². The van der Waals surface area contributed by atoms with Gasteiger partial charge in [0, 0.05) is 23.3 Å². The van der Waals surface area contributed by atoms with Gasteiger partial charge < -0.3 is 15.0 Å². The SMILES string of the molecule is CCOC(=O)C(Cc1ccc(NC(=O)c2c(Cl)cccc2Cl)cc1)c1cccc(N(CC(C)C)C(=O)C(C)(C)C)c1. The van der Waals surface area contributed by atoms with E-state index in [1.165, 1.54) is 0 Å². The zero-order valence-corrected chi connectivity index (χ0v) is 26.0. The third-order valence-corrected chi connectivity index (χ3v) is 7.06. The van der Waals surface area contributed by atoms with Crippen LogP contribution in [0.1, 0.15) is 68.9 Å². The molecule has 0 aliphatic carbocycles. The van der Waals surface area contributed by atoms with Crippen molar-refractivity contribution < 1.29 is 19.1 Å². The van der Waals surface area contributed by atoms with Gasteiger partial charge in [0.05, 0.1) is 28.1 Å². The van der Waals surface area contributed by atoms with E-state index in [1.54, 1.807) is 42.2 Å². The van der Waals surface area contributed by atoms with Crippen LogP contribution < -0.4 is 10.2 Å². The van der Waals surface area contributed by atoms with Gasteiger partial charge in [0.15, 0.2) is 0 Å². The van der Waals surface area contributed by atoms with Crippen molar-refractivity contribution in [2.75, 3.05) is 23.4 Å². The molecule has 3 rings (SSSR count). The van der Waals surface area contributed by atoms with E-state index in [-0.39, 0.29) is 40.0 Å². The van der Waals surface area contributed by atoms with Crippen LogP contribution in [0.2, 0.25) is 10.0 Å². The zero-order chi connectivity index (χ0) is 30.3. The highest BCUT2D eigenvalue weighted by Gasteiger charge is 2.30. The van der Waals surface area contributed by atoms with Crippen molar-refractivity contribution in [2.24, 2.45) is 11.3 Å². The van der Waals surface area contributed by atoms with Crippen molar-refractivity contribution in [3.8, 4) is 0 Å². The molecular weight excluding hydrogens is 559 g/mol. The number of carbonyl (C=O) groups is 3. The normalized spacial score (nSPS) is 12.1. The Bertz CT molecular complexity index is 1360. The molecule has 1 N–H and O–H groups in total. The number of rotatable bonds is 10. The highest BCUT2D eigenvalue weighted by atomic mass is 35.5. The third-order valence-electron chi connectivity index (χ3n) is 6.43. The number of amides is 2. The molecule has 0 aliphatic heterocycles. The first kappa shape index (κ1) is 32.2. The lowest BCUT2D eigenvalue weighted by molar-refractivity contribution is -0.145. The molecule has 0 fully saturated rings. The van der Waals surface area contributed by atoms with Gasteiger partial charge in [-0.25, -0.2) is 0 Å². The monoisotopic (exact) mass is 596 g/mol. The fraction of sp³-hybridized carbons (Fsp3) is 0.364. The van der Waals surface area contributed by atoms with Crippen LogP contribution >= 0.6 is 23.2 Å². The quantitative estimate of drug-likeness (QED) is 0.239. The van der Waals surface area contributed by atoms with E-state index in [0.717, 1.165) is 16.8 Å². The molecule has 2 amide bonds. The maximum absolute atomic E-state index is 13.3. The molecule has 0 bridgehead atoms. The number of nitrogens with one attached hydrogen (secondary N) is 1. The Morgan fingerprint density at radius 3 is 2.10 bits per heavy atom. The zero-order valence-electron chi connectivity index (χ0n) is 24.5. The highest BCUT2D eigenvalue weighted by molar-refractivity contribution is 6.40. The van der Waals surface area contributed by atoms with Crippen LogP contribution in [-0.4, -0.2) is 30.9 Å². The van der Waals surface area contributed by atoms with Crippen LogP contribution in [0.3, 0.4) is 0 Å². The number of hydrogen-bond acceptors (Lipinski definition) is 4. The Kier molecular flexibility index (Phi) is 11.0. The van der Waals surface area contributed by atoms with Crippen molar-refractivity contribution in [3.05, 3.63) is 93.5 Å². The van der Waals surface area contributed by atoms with Crippen molar-refractivity contribution in [3.63, 3.8) is 0 Å². The van der Waals surface area contributed by atoms with E-state index >= 15 is 0 Å². The highest BCUT2D eigenvalue weighted by Crippen LogP contribution is 2.30. The molecule has 0 radical (unpaired) electrons. The maximum Gasteiger partial charge on any atom is 0.313 e. The first-order chi connectivity index (χ1) is 19.3. The van der Waals surface area contributed by atoms with Gasteiger partial charge in [-0.1, -0.05) is 88.2 Å². The largest absolute Gasteiger partial charge is 0.466 e. The molecule has 0 spiro atoms. The molecular formula is C33H38Cl2N2O4. The molecule has 1 unspecified atom stereocenters. The topological polar surface area (TPSA) is 75.7 Å². The molecule has 218 valence electrons.